The number of rotatable bonds is 7. The van der Waals surface area contributed by atoms with Crippen LogP contribution in [0, 0.1) is 0 Å². The van der Waals surface area contributed by atoms with Crippen molar-refractivity contribution in [1.82, 2.24) is 0 Å². The van der Waals surface area contributed by atoms with Gasteiger partial charge in [0.1, 0.15) is 5.75 Å². The first kappa shape index (κ1) is 20.8. The van der Waals surface area contributed by atoms with Crippen LogP contribution in [0.5, 0.6) is 5.75 Å². The van der Waals surface area contributed by atoms with Crippen molar-refractivity contribution in [2.75, 3.05) is 42.6 Å². The Morgan fingerprint density at radius 3 is 2.60 bits per heavy atom. The molecule has 0 spiro atoms. The highest BCUT2D eigenvalue weighted by Gasteiger charge is 2.58. The Bertz CT molecular complexity index is 932. The number of fused-ring (bicyclic) bond motifs is 3. The molecule has 1 atom stereocenters. The highest BCUT2D eigenvalue weighted by atomic mass is 16.5. The molecule has 4 nitrogen and oxygen atoms in total. The lowest BCUT2D eigenvalue weighted by molar-refractivity contribution is 0.000333. The molecule has 0 bridgehead atoms. The molecule has 4 heteroatoms. The van der Waals surface area contributed by atoms with Gasteiger partial charge >= 0.3 is 0 Å². The zero-order chi connectivity index (χ0) is 21.4. The highest BCUT2D eigenvalue weighted by Crippen LogP contribution is 2.55. The van der Waals surface area contributed by atoms with Gasteiger partial charge in [-0.1, -0.05) is 38.1 Å². The molecule has 1 saturated heterocycles. The van der Waals surface area contributed by atoms with Gasteiger partial charge in [-0.2, -0.15) is 0 Å². The summed E-state index contributed by atoms with van der Waals surface area (Å²) in [6, 6.07) is 15.2. The maximum absolute atomic E-state index is 6.47. The van der Waals surface area contributed by atoms with Crippen molar-refractivity contribution in [2.45, 2.75) is 45.8 Å². The fourth-order valence-electron chi connectivity index (χ4n) is 5.06. The van der Waals surface area contributed by atoms with Crippen LogP contribution in [0.15, 0.2) is 48.5 Å². The van der Waals surface area contributed by atoms with E-state index in [1.54, 1.807) is 0 Å². The molecule has 2 aromatic carbocycles. The van der Waals surface area contributed by atoms with E-state index in [0.29, 0.717) is 6.61 Å². The number of hydrogen-bond donors (Lipinski definition) is 0. The highest BCUT2D eigenvalue weighted by molar-refractivity contribution is 5.71. The number of nitrogens with zero attached hydrogens (tertiary/aromatic N) is 2. The van der Waals surface area contributed by atoms with E-state index in [9.17, 15) is 0 Å². The number of hydrogen-bond acceptors (Lipinski definition) is 4. The van der Waals surface area contributed by atoms with Crippen LogP contribution in [0.3, 0.4) is 0 Å². The van der Waals surface area contributed by atoms with Gasteiger partial charge in [-0.15, -0.1) is 0 Å². The van der Waals surface area contributed by atoms with Crippen molar-refractivity contribution in [3.8, 4) is 5.75 Å². The minimum absolute atomic E-state index is 0.149. The van der Waals surface area contributed by atoms with Gasteiger partial charge in [0.05, 0.1) is 13.2 Å². The second-order valence-corrected chi connectivity index (χ2v) is 8.50. The quantitative estimate of drug-likeness (QED) is 0.609. The third kappa shape index (κ3) is 3.09. The van der Waals surface area contributed by atoms with Gasteiger partial charge in [0, 0.05) is 48.1 Å². The van der Waals surface area contributed by atoms with Gasteiger partial charge in [0.15, 0.2) is 5.72 Å². The van der Waals surface area contributed by atoms with Crippen molar-refractivity contribution >= 4 is 17.5 Å². The lowest BCUT2D eigenvalue weighted by atomic mass is 9.77. The predicted molar refractivity (Wildman–Crippen MR) is 126 cm³/mol. The molecule has 2 aliphatic heterocycles. The van der Waals surface area contributed by atoms with Crippen molar-refractivity contribution in [2.24, 2.45) is 0 Å². The Hall–Kier alpha value is -2.46. The van der Waals surface area contributed by atoms with Crippen LogP contribution < -0.4 is 14.5 Å². The van der Waals surface area contributed by atoms with Crippen LogP contribution in [0.2, 0.25) is 0 Å². The summed E-state index contributed by atoms with van der Waals surface area (Å²) >= 11 is 0. The van der Waals surface area contributed by atoms with E-state index in [-0.39, 0.29) is 5.41 Å². The van der Waals surface area contributed by atoms with Crippen LogP contribution in [0.1, 0.15) is 45.7 Å². The van der Waals surface area contributed by atoms with Crippen LogP contribution in [0.4, 0.5) is 11.4 Å². The number of benzene rings is 2. The number of ether oxygens (including phenoxy) is 2. The lowest BCUT2D eigenvalue weighted by Gasteiger charge is -2.39. The Labute approximate surface area is 181 Å². The topological polar surface area (TPSA) is 24.9 Å². The predicted octanol–water partition coefficient (Wildman–Crippen LogP) is 5.47. The molecule has 0 aromatic heterocycles. The summed E-state index contributed by atoms with van der Waals surface area (Å²) in [5.41, 5.74) is 4.29. The van der Waals surface area contributed by atoms with Gasteiger partial charge in [-0.25, -0.2) is 0 Å². The van der Waals surface area contributed by atoms with Crippen molar-refractivity contribution in [3.05, 3.63) is 59.7 Å². The molecule has 1 fully saturated rings. The van der Waals surface area contributed by atoms with Crippen molar-refractivity contribution < 1.29 is 9.47 Å². The maximum Gasteiger partial charge on any atom is 0.170 e. The van der Waals surface area contributed by atoms with Crippen LogP contribution in [-0.2, 0) is 10.2 Å². The fraction of sp³-hybridized carbons (Fsp3) is 0.462. The van der Waals surface area contributed by atoms with Gasteiger partial charge in [0.2, 0.25) is 0 Å². The SMILES string of the molecule is CCOc1cc(N(CC)CC)ccc1C=CC12OCCN1c1ccccc1C2(C)C. The van der Waals surface area contributed by atoms with Gasteiger partial charge < -0.3 is 19.3 Å². The summed E-state index contributed by atoms with van der Waals surface area (Å²) in [5, 5.41) is 0. The van der Waals surface area contributed by atoms with Crippen LogP contribution >= 0.6 is 0 Å². The summed E-state index contributed by atoms with van der Waals surface area (Å²) in [5.74, 6) is 0.924. The number of para-hydroxylation sites is 1. The molecule has 0 N–H and O–H groups in total. The molecule has 0 radical (unpaired) electrons. The normalized spacial score (nSPS) is 21.7. The summed E-state index contributed by atoms with van der Waals surface area (Å²) in [6.45, 7) is 15.2. The molecular formula is C26H34N2O2. The zero-order valence-electron chi connectivity index (χ0n) is 18.9. The minimum Gasteiger partial charge on any atom is -0.493 e. The lowest BCUT2D eigenvalue weighted by Crippen LogP contribution is -2.51. The van der Waals surface area contributed by atoms with Gasteiger partial charge in [0.25, 0.3) is 0 Å². The minimum atomic E-state index is -0.474. The summed E-state index contributed by atoms with van der Waals surface area (Å²) < 4.78 is 12.5. The van der Waals surface area contributed by atoms with E-state index >= 15 is 0 Å². The summed E-state index contributed by atoms with van der Waals surface area (Å²) in [7, 11) is 0. The van der Waals surface area contributed by atoms with Gasteiger partial charge in [-0.3, -0.25) is 0 Å². The second-order valence-electron chi connectivity index (χ2n) is 8.50. The average molecular weight is 407 g/mol. The van der Waals surface area contributed by atoms with Crippen LogP contribution in [0.25, 0.3) is 6.08 Å². The van der Waals surface area contributed by atoms with E-state index < -0.39 is 5.72 Å². The van der Waals surface area contributed by atoms with E-state index in [1.165, 1.54) is 16.9 Å². The first-order valence-electron chi connectivity index (χ1n) is 11.2. The zero-order valence-corrected chi connectivity index (χ0v) is 18.9. The third-order valence-corrected chi connectivity index (χ3v) is 6.72. The Kier molecular flexibility index (Phi) is 5.54. The molecule has 2 aliphatic rings. The maximum atomic E-state index is 6.47. The largest absolute Gasteiger partial charge is 0.493 e. The van der Waals surface area contributed by atoms with Crippen molar-refractivity contribution in [3.63, 3.8) is 0 Å². The monoisotopic (exact) mass is 406 g/mol. The molecule has 2 aromatic rings. The van der Waals surface area contributed by atoms with E-state index in [2.05, 4.69) is 92.1 Å². The van der Waals surface area contributed by atoms with E-state index in [0.717, 1.165) is 37.6 Å². The summed E-state index contributed by atoms with van der Waals surface area (Å²) in [6.07, 6.45) is 4.43. The third-order valence-electron chi connectivity index (χ3n) is 6.72. The van der Waals surface area contributed by atoms with Crippen LogP contribution in [-0.4, -0.2) is 38.6 Å². The first-order valence-corrected chi connectivity index (χ1v) is 11.2. The second kappa shape index (κ2) is 7.99. The fourth-order valence-corrected chi connectivity index (χ4v) is 5.06. The molecule has 0 amide bonds. The molecule has 0 saturated carbocycles. The molecule has 0 aliphatic carbocycles. The summed E-state index contributed by atoms with van der Waals surface area (Å²) in [4.78, 5) is 4.76. The molecule has 2 heterocycles. The Morgan fingerprint density at radius 2 is 1.87 bits per heavy atom. The molecule has 30 heavy (non-hydrogen) atoms. The van der Waals surface area contributed by atoms with Crippen molar-refractivity contribution in [1.29, 1.82) is 0 Å². The molecular weight excluding hydrogens is 372 g/mol. The molecule has 4 rings (SSSR count). The van der Waals surface area contributed by atoms with E-state index in [4.69, 9.17) is 9.47 Å². The average Bonchev–Trinajstić information content (AvgIpc) is 3.26. The Morgan fingerprint density at radius 1 is 1.10 bits per heavy atom. The molecule has 160 valence electrons. The number of anilines is 2. The van der Waals surface area contributed by atoms with E-state index in [1.807, 2.05) is 6.92 Å². The first-order chi connectivity index (χ1) is 14.5. The molecule has 1 unspecified atom stereocenters. The Balaban J connectivity index is 1.73. The van der Waals surface area contributed by atoms with Gasteiger partial charge in [-0.05, 0) is 50.6 Å². The standard InChI is InChI=1S/C26H34N2O2/c1-6-27(7-2)21-14-13-20(24(19-21)29-8-3)15-16-26-25(4,5)22-11-9-10-12-23(22)28(26)17-18-30-26/h9-16,19H,6-8,17-18H2,1-5H3. The smallest absolute Gasteiger partial charge is 0.170 e.